The van der Waals surface area contributed by atoms with Gasteiger partial charge in [0.05, 0.1) is 45.7 Å². The van der Waals surface area contributed by atoms with Gasteiger partial charge < -0.3 is 18.9 Å². The van der Waals surface area contributed by atoms with E-state index in [0.29, 0.717) is 56.6 Å². The second-order valence-corrected chi connectivity index (χ2v) is 14.4. The van der Waals surface area contributed by atoms with Crippen molar-refractivity contribution in [1.29, 1.82) is 0 Å². The van der Waals surface area contributed by atoms with Gasteiger partial charge in [0.15, 0.2) is 0 Å². The highest BCUT2D eigenvalue weighted by molar-refractivity contribution is 5.25. The van der Waals surface area contributed by atoms with Crippen LogP contribution in [0.1, 0.15) is 112 Å². The highest BCUT2D eigenvalue weighted by atomic mass is 16.6. The molecule has 0 heterocycles. The summed E-state index contributed by atoms with van der Waals surface area (Å²) in [5, 5.41) is 0. The first-order valence-electron chi connectivity index (χ1n) is 16.8. The number of ether oxygens (including phenoxy) is 4. The van der Waals surface area contributed by atoms with Gasteiger partial charge in [0.2, 0.25) is 0 Å². The van der Waals surface area contributed by atoms with Crippen molar-refractivity contribution in [3.05, 3.63) is 11.6 Å². The van der Waals surface area contributed by atoms with Crippen LogP contribution in [0.5, 0.6) is 0 Å². The van der Waals surface area contributed by atoms with Gasteiger partial charge in [0.25, 0.3) is 0 Å². The highest BCUT2D eigenvalue weighted by Gasteiger charge is 2.59. The number of hydrogen-bond acceptors (Lipinski definition) is 4. The SMILES string of the molecule is CCOCCOCCOCCOC1CCC2(C)C(=CCC3C2CCC2(C)C(C(C)CCCC(C)C)CCC32)C1. The van der Waals surface area contributed by atoms with Gasteiger partial charge in [-0.1, -0.05) is 65.5 Å². The Morgan fingerprint density at radius 3 is 2.26 bits per heavy atom. The molecular formula is C35H62O4. The number of allylic oxidation sites excluding steroid dienone is 1. The maximum atomic E-state index is 6.32. The zero-order valence-corrected chi connectivity index (χ0v) is 26.5. The Morgan fingerprint density at radius 2 is 1.54 bits per heavy atom. The molecule has 0 spiro atoms. The van der Waals surface area contributed by atoms with Crippen molar-refractivity contribution in [2.24, 2.45) is 46.3 Å². The van der Waals surface area contributed by atoms with Crippen LogP contribution in [0.25, 0.3) is 0 Å². The van der Waals surface area contributed by atoms with Crippen molar-refractivity contribution < 1.29 is 18.9 Å². The first-order valence-corrected chi connectivity index (χ1v) is 16.8. The van der Waals surface area contributed by atoms with Gasteiger partial charge in [0.1, 0.15) is 0 Å². The fourth-order valence-electron chi connectivity index (χ4n) is 9.65. The maximum absolute atomic E-state index is 6.32. The first-order chi connectivity index (χ1) is 18.8. The third kappa shape index (κ3) is 7.51. The molecule has 3 saturated carbocycles. The number of hydrogen-bond donors (Lipinski definition) is 0. The molecule has 4 aliphatic rings. The molecule has 4 rings (SSSR count). The predicted molar refractivity (Wildman–Crippen MR) is 161 cm³/mol. The van der Waals surface area contributed by atoms with Crippen LogP contribution < -0.4 is 0 Å². The lowest BCUT2D eigenvalue weighted by atomic mass is 9.47. The average Bonchev–Trinajstić information content (AvgIpc) is 3.27. The molecule has 4 heteroatoms. The predicted octanol–water partition coefficient (Wildman–Crippen LogP) is 8.48. The quantitative estimate of drug-likeness (QED) is 0.144. The van der Waals surface area contributed by atoms with Gasteiger partial charge >= 0.3 is 0 Å². The van der Waals surface area contributed by atoms with E-state index in [1.807, 2.05) is 6.92 Å². The summed E-state index contributed by atoms with van der Waals surface area (Å²) < 4.78 is 22.9. The maximum Gasteiger partial charge on any atom is 0.0704 e. The van der Waals surface area contributed by atoms with Gasteiger partial charge in [-0.25, -0.2) is 0 Å². The molecule has 0 aliphatic heterocycles. The van der Waals surface area contributed by atoms with Crippen molar-refractivity contribution in [2.75, 3.05) is 46.2 Å². The highest BCUT2D eigenvalue weighted by Crippen LogP contribution is 2.67. The minimum Gasteiger partial charge on any atom is -0.379 e. The fourth-order valence-corrected chi connectivity index (χ4v) is 9.65. The van der Waals surface area contributed by atoms with Crippen LogP contribution in [-0.4, -0.2) is 52.4 Å². The lowest BCUT2D eigenvalue weighted by Gasteiger charge is -2.58. The lowest BCUT2D eigenvalue weighted by molar-refractivity contribution is -0.0691. The van der Waals surface area contributed by atoms with Gasteiger partial charge in [-0.05, 0) is 105 Å². The summed E-state index contributed by atoms with van der Waals surface area (Å²) in [6, 6.07) is 0. The number of rotatable bonds is 16. The van der Waals surface area contributed by atoms with E-state index in [1.165, 1.54) is 64.2 Å². The van der Waals surface area contributed by atoms with Crippen molar-refractivity contribution in [2.45, 2.75) is 118 Å². The smallest absolute Gasteiger partial charge is 0.0704 e. The molecule has 8 atom stereocenters. The summed E-state index contributed by atoms with van der Waals surface area (Å²) in [4.78, 5) is 0. The summed E-state index contributed by atoms with van der Waals surface area (Å²) in [6.07, 6.45) is 18.2. The second-order valence-electron chi connectivity index (χ2n) is 14.4. The molecule has 0 aromatic carbocycles. The molecule has 0 N–H and O–H groups in total. The van der Waals surface area contributed by atoms with Crippen molar-refractivity contribution in [3.63, 3.8) is 0 Å². The van der Waals surface area contributed by atoms with Crippen LogP contribution in [-0.2, 0) is 18.9 Å². The fraction of sp³-hybridized carbons (Fsp3) is 0.943. The molecule has 0 amide bonds. The standard InChI is InChI=1S/C35H62O4/c1-7-36-19-20-37-21-22-38-23-24-39-29-15-17-34(5)28(25-29)11-12-30-32-14-13-31(27(4)10-8-9-26(2)3)35(32,6)18-16-33(30)34/h11,26-27,29-33H,7-10,12-25H2,1-6H3. The Bertz CT molecular complexity index is 764. The van der Waals surface area contributed by atoms with E-state index in [1.54, 1.807) is 5.57 Å². The summed E-state index contributed by atoms with van der Waals surface area (Å²) in [5.74, 6) is 5.42. The van der Waals surface area contributed by atoms with Crippen molar-refractivity contribution >= 4 is 0 Å². The Kier molecular flexibility index (Phi) is 11.8. The molecule has 226 valence electrons. The topological polar surface area (TPSA) is 36.9 Å². The van der Waals surface area contributed by atoms with E-state index in [9.17, 15) is 0 Å². The lowest BCUT2D eigenvalue weighted by Crippen LogP contribution is -2.51. The molecule has 4 nitrogen and oxygen atoms in total. The van der Waals surface area contributed by atoms with Gasteiger partial charge in [0, 0.05) is 6.61 Å². The Balaban J connectivity index is 1.23. The summed E-state index contributed by atoms with van der Waals surface area (Å²) in [5.41, 5.74) is 2.71. The largest absolute Gasteiger partial charge is 0.379 e. The molecule has 8 unspecified atom stereocenters. The van der Waals surface area contributed by atoms with Crippen LogP contribution in [0.3, 0.4) is 0 Å². The zero-order chi connectivity index (χ0) is 27.9. The molecule has 3 fully saturated rings. The van der Waals surface area contributed by atoms with Crippen LogP contribution in [0, 0.1) is 46.3 Å². The second kappa shape index (κ2) is 14.7. The van der Waals surface area contributed by atoms with Crippen LogP contribution in [0.2, 0.25) is 0 Å². The molecule has 0 aromatic rings. The molecule has 0 aromatic heterocycles. The van der Waals surface area contributed by atoms with Crippen LogP contribution >= 0.6 is 0 Å². The molecule has 0 saturated heterocycles. The monoisotopic (exact) mass is 546 g/mol. The van der Waals surface area contributed by atoms with Crippen LogP contribution in [0.15, 0.2) is 11.6 Å². The van der Waals surface area contributed by atoms with Gasteiger partial charge in [-0.15, -0.1) is 0 Å². The van der Waals surface area contributed by atoms with E-state index >= 15 is 0 Å². The molecule has 39 heavy (non-hydrogen) atoms. The Morgan fingerprint density at radius 1 is 0.821 bits per heavy atom. The van der Waals surface area contributed by atoms with Crippen molar-refractivity contribution in [3.8, 4) is 0 Å². The molecule has 0 bridgehead atoms. The minimum absolute atomic E-state index is 0.364. The zero-order valence-electron chi connectivity index (χ0n) is 26.5. The van der Waals surface area contributed by atoms with Crippen molar-refractivity contribution in [1.82, 2.24) is 0 Å². The van der Waals surface area contributed by atoms with E-state index in [0.717, 1.165) is 48.5 Å². The van der Waals surface area contributed by atoms with E-state index < -0.39 is 0 Å². The average molecular weight is 547 g/mol. The Labute approximate surface area is 241 Å². The Hall–Kier alpha value is -0.420. The third-order valence-corrected chi connectivity index (χ3v) is 11.8. The molecular weight excluding hydrogens is 484 g/mol. The molecule has 0 radical (unpaired) electrons. The normalized spacial score (nSPS) is 36.8. The van der Waals surface area contributed by atoms with E-state index in [2.05, 4.69) is 40.7 Å². The summed E-state index contributed by atoms with van der Waals surface area (Å²) in [6.45, 7) is 19.3. The number of fused-ring (bicyclic) bond motifs is 5. The van der Waals surface area contributed by atoms with E-state index in [-0.39, 0.29) is 0 Å². The minimum atomic E-state index is 0.364. The summed E-state index contributed by atoms with van der Waals surface area (Å²) in [7, 11) is 0. The third-order valence-electron chi connectivity index (χ3n) is 11.8. The first kappa shape index (κ1) is 31.5. The van der Waals surface area contributed by atoms with Crippen LogP contribution in [0.4, 0.5) is 0 Å². The van der Waals surface area contributed by atoms with E-state index in [4.69, 9.17) is 18.9 Å². The summed E-state index contributed by atoms with van der Waals surface area (Å²) >= 11 is 0. The molecule has 4 aliphatic carbocycles. The van der Waals surface area contributed by atoms with Gasteiger partial charge in [-0.3, -0.25) is 0 Å². The van der Waals surface area contributed by atoms with Gasteiger partial charge in [-0.2, -0.15) is 0 Å².